The molecule has 0 atom stereocenters. The predicted octanol–water partition coefficient (Wildman–Crippen LogP) is 1.40. The lowest BCUT2D eigenvalue weighted by Crippen LogP contribution is -2.26. The largest absolute Gasteiger partial charge is 0.490 e. The van der Waals surface area contributed by atoms with Gasteiger partial charge in [0.15, 0.2) is 17.5 Å². The van der Waals surface area contributed by atoms with Crippen LogP contribution < -0.4 is 20.5 Å². The molecule has 0 saturated heterocycles. The number of hydrogen-bond acceptors (Lipinski definition) is 5. The standard InChI is InChI=1S/C16H23N3O4S/c1-24(20,21)11-16(5-6-16)10-18-15(17)19-12-3-4-13-14(9-12)23-8-2-7-22-13/h3-4,9H,2,5-8,10-11H2,1H3,(H3,17,18,19). The number of aliphatic imine (C=N–C) groups is 1. The minimum absolute atomic E-state index is 0.167. The molecule has 0 amide bonds. The van der Waals surface area contributed by atoms with Crippen molar-refractivity contribution in [2.75, 3.05) is 37.1 Å². The van der Waals surface area contributed by atoms with Crippen molar-refractivity contribution in [2.45, 2.75) is 19.3 Å². The second-order valence-electron chi connectivity index (χ2n) is 6.61. The van der Waals surface area contributed by atoms with Gasteiger partial charge < -0.3 is 20.5 Å². The van der Waals surface area contributed by atoms with Gasteiger partial charge in [0.1, 0.15) is 9.84 Å². The number of benzene rings is 1. The first kappa shape index (κ1) is 16.9. The monoisotopic (exact) mass is 353 g/mol. The van der Waals surface area contributed by atoms with Gasteiger partial charge >= 0.3 is 0 Å². The average molecular weight is 353 g/mol. The van der Waals surface area contributed by atoms with Gasteiger partial charge in [-0.15, -0.1) is 0 Å². The van der Waals surface area contributed by atoms with Crippen LogP contribution in [0, 0.1) is 5.41 Å². The summed E-state index contributed by atoms with van der Waals surface area (Å²) in [5.74, 6) is 1.84. The fourth-order valence-corrected chi connectivity index (χ4v) is 4.25. The molecule has 1 aromatic rings. The van der Waals surface area contributed by atoms with Gasteiger partial charge in [-0.2, -0.15) is 0 Å². The summed E-state index contributed by atoms with van der Waals surface area (Å²) >= 11 is 0. The van der Waals surface area contributed by atoms with E-state index in [1.807, 2.05) is 18.2 Å². The first-order valence-corrected chi connectivity index (χ1v) is 10.1. The molecule has 24 heavy (non-hydrogen) atoms. The predicted molar refractivity (Wildman–Crippen MR) is 93.5 cm³/mol. The Bertz CT molecular complexity index is 742. The number of hydrogen-bond donors (Lipinski definition) is 2. The van der Waals surface area contributed by atoms with Crippen LogP contribution >= 0.6 is 0 Å². The first-order valence-electron chi connectivity index (χ1n) is 8.00. The highest BCUT2D eigenvalue weighted by molar-refractivity contribution is 7.90. The van der Waals surface area contributed by atoms with E-state index in [1.165, 1.54) is 6.26 Å². The van der Waals surface area contributed by atoms with Gasteiger partial charge in [-0.1, -0.05) is 0 Å². The van der Waals surface area contributed by atoms with Crippen molar-refractivity contribution in [2.24, 2.45) is 16.1 Å². The zero-order valence-electron chi connectivity index (χ0n) is 13.7. The van der Waals surface area contributed by atoms with E-state index in [2.05, 4.69) is 10.3 Å². The van der Waals surface area contributed by atoms with Crippen LogP contribution in [-0.2, 0) is 9.84 Å². The summed E-state index contributed by atoms with van der Waals surface area (Å²) < 4.78 is 34.2. The molecule has 0 bridgehead atoms. The van der Waals surface area contributed by atoms with Gasteiger partial charge in [0.25, 0.3) is 0 Å². The van der Waals surface area contributed by atoms with E-state index in [0.29, 0.717) is 25.5 Å². The molecule has 3 N–H and O–H groups in total. The van der Waals surface area contributed by atoms with E-state index >= 15 is 0 Å². The minimum Gasteiger partial charge on any atom is -0.490 e. The Labute approximate surface area is 142 Å². The molecular formula is C16H23N3O4S. The first-order chi connectivity index (χ1) is 11.4. The molecule has 1 aromatic carbocycles. The highest BCUT2D eigenvalue weighted by atomic mass is 32.2. The molecule has 1 heterocycles. The third-order valence-electron chi connectivity index (χ3n) is 4.13. The summed E-state index contributed by atoms with van der Waals surface area (Å²) in [7, 11) is -3.00. The zero-order valence-corrected chi connectivity index (χ0v) is 14.6. The molecule has 132 valence electrons. The van der Waals surface area contributed by atoms with E-state index in [1.54, 1.807) is 0 Å². The van der Waals surface area contributed by atoms with Gasteiger partial charge in [-0.05, 0) is 25.0 Å². The van der Waals surface area contributed by atoms with E-state index in [-0.39, 0.29) is 17.1 Å². The van der Waals surface area contributed by atoms with Gasteiger partial charge in [0.05, 0.1) is 19.0 Å². The Balaban J connectivity index is 1.62. The normalized spacial score (nSPS) is 19.5. The van der Waals surface area contributed by atoms with Crippen molar-refractivity contribution in [3.63, 3.8) is 0 Å². The SMILES string of the molecule is CS(=O)(=O)CC1(CN=C(N)Nc2ccc3c(c2)OCCCO3)CC1. The van der Waals surface area contributed by atoms with Crippen LogP contribution in [0.2, 0.25) is 0 Å². The molecule has 2 aliphatic rings. The lowest BCUT2D eigenvalue weighted by Gasteiger charge is -2.13. The van der Waals surface area contributed by atoms with Crippen LogP contribution in [0.1, 0.15) is 19.3 Å². The summed E-state index contributed by atoms with van der Waals surface area (Å²) in [4.78, 5) is 4.32. The lowest BCUT2D eigenvalue weighted by molar-refractivity contribution is 0.297. The molecular weight excluding hydrogens is 330 g/mol. The maximum Gasteiger partial charge on any atom is 0.193 e. The van der Waals surface area contributed by atoms with Crippen molar-refractivity contribution >= 4 is 21.5 Å². The number of ether oxygens (including phenoxy) is 2. The number of fused-ring (bicyclic) bond motifs is 1. The van der Waals surface area contributed by atoms with E-state index < -0.39 is 9.84 Å². The summed E-state index contributed by atoms with van der Waals surface area (Å²) in [6.07, 6.45) is 3.86. The third-order valence-corrected chi connectivity index (χ3v) is 5.27. The van der Waals surface area contributed by atoms with Crippen molar-refractivity contribution in [3.8, 4) is 11.5 Å². The van der Waals surface area contributed by atoms with Gasteiger partial charge in [-0.25, -0.2) is 8.42 Å². The summed E-state index contributed by atoms with van der Waals surface area (Å²) in [6.45, 7) is 1.68. The molecule has 3 rings (SSSR count). The van der Waals surface area contributed by atoms with E-state index in [0.717, 1.165) is 30.7 Å². The molecule has 1 saturated carbocycles. The van der Waals surface area contributed by atoms with Crippen LogP contribution in [-0.4, -0.2) is 46.1 Å². The molecule has 7 nitrogen and oxygen atoms in total. The van der Waals surface area contributed by atoms with Gasteiger partial charge in [0.2, 0.25) is 0 Å². The molecule has 0 spiro atoms. The summed E-state index contributed by atoms with van der Waals surface area (Å²) in [6, 6.07) is 5.51. The second-order valence-corrected chi connectivity index (χ2v) is 8.75. The van der Waals surface area contributed by atoms with Gasteiger partial charge in [0, 0.05) is 36.4 Å². The van der Waals surface area contributed by atoms with E-state index in [9.17, 15) is 8.42 Å². The highest BCUT2D eigenvalue weighted by Gasteiger charge is 2.45. The fourth-order valence-electron chi connectivity index (χ4n) is 2.76. The Morgan fingerprint density at radius 2 is 2.00 bits per heavy atom. The van der Waals surface area contributed by atoms with Crippen LogP contribution in [0.4, 0.5) is 5.69 Å². The number of nitrogens with one attached hydrogen (secondary N) is 1. The highest BCUT2D eigenvalue weighted by Crippen LogP contribution is 2.46. The van der Waals surface area contributed by atoms with Crippen molar-refractivity contribution in [1.82, 2.24) is 0 Å². The van der Waals surface area contributed by atoms with Crippen LogP contribution in [0.3, 0.4) is 0 Å². The van der Waals surface area contributed by atoms with Crippen molar-refractivity contribution in [1.29, 1.82) is 0 Å². The second kappa shape index (κ2) is 6.51. The van der Waals surface area contributed by atoms with Crippen LogP contribution in [0.25, 0.3) is 0 Å². The number of anilines is 1. The molecule has 1 aliphatic heterocycles. The number of rotatable bonds is 5. The van der Waals surface area contributed by atoms with Gasteiger partial charge in [-0.3, -0.25) is 4.99 Å². The third kappa shape index (κ3) is 4.53. The maximum absolute atomic E-state index is 11.5. The topological polar surface area (TPSA) is 103 Å². The Morgan fingerprint density at radius 3 is 2.67 bits per heavy atom. The maximum atomic E-state index is 11.5. The minimum atomic E-state index is -3.00. The molecule has 1 fully saturated rings. The molecule has 0 radical (unpaired) electrons. The molecule has 1 aliphatic carbocycles. The number of sulfone groups is 1. The number of guanidine groups is 1. The molecule has 0 unspecified atom stereocenters. The smallest absolute Gasteiger partial charge is 0.193 e. The van der Waals surface area contributed by atoms with Crippen molar-refractivity contribution < 1.29 is 17.9 Å². The zero-order chi connectivity index (χ0) is 17.2. The Kier molecular flexibility index (Phi) is 4.58. The summed E-state index contributed by atoms with van der Waals surface area (Å²) in [5.41, 5.74) is 6.46. The van der Waals surface area contributed by atoms with E-state index in [4.69, 9.17) is 15.2 Å². The quantitative estimate of drug-likeness (QED) is 0.613. The lowest BCUT2D eigenvalue weighted by atomic mass is 10.1. The fraction of sp³-hybridized carbons (Fsp3) is 0.562. The van der Waals surface area contributed by atoms with Crippen LogP contribution in [0.5, 0.6) is 11.5 Å². The molecule has 8 heteroatoms. The number of nitrogens with two attached hydrogens (primary N) is 1. The average Bonchev–Trinajstić information content (AvgIpc) is 3.27. The van der Waals surface area contributed by atoms with Crippen molar-refractivity contribution in [3.05, 3.63) is 18.2 Å². The Hall–Kier alpha value is -1.96. The summed E-state index contributed by atoms with van der Waals surface area (Å²) in [5, 5.41) is 3.02. The number of nitrogens with zero attached hydrogens (tertiary/aromatic N) is 1. The Morgan fingerprint density at radius 1 is 1.29 bits per heavy atom. The molecule has 0 aromatic heterocycles. The van der Waals surface area contributed by atoms with Crippen LogP contribution in [0.15, 0.2) is 23.2 Å².